The third kappa shape index (κ3) is 4.94. The molecule has 0 aliphatic carbocycles. The first kappa shape index (κ1) is 19.2. The molecule has 26 heavy (non-hydrogen) atoms. The molecule has 0 fully saturated rings. The van der Waals surface area contributed by atoms with Crippen LogP contribution in [0.15, 0.2) is 46.5 Å². The average Bonchev–Trinajstić information content (AvgIpc) is 2.59. The molecule has 7 nitrogen and oxygen atoms in total. The van der Waals surface area contributed by atoms with E-state index in [9.17, 15) is 13.3 Å². The molecule has 2 aromatic rings. The molecule has 0 heterocycles. The minimum Gasteiger partial charge on any atom is -0.489 e. The zero-order chi connectivity index (χ0) is 19.1. The third-order valence-electron chi connectivity index (χ3n) is 3.21. The number of rotatable bonds is 7. The van der Waals surface area contributed by atoms with E-state index in [4.69, 9.17) is 15.8 Å². The Morgan fingerprint density at radius 3 is 2.27 bits per heavy atom. The number of nitrogens with two attached hydrogens (primary N) is 1. The molecule has 0 spiro atoms. The van der Waals surface area contributed by atoms with Crippen molar-refractivity contribution in [2.75, 3.05) is 7.05 Å². The van der Waals surface area contributed by atoms with Gasteiger partial charge in [-0.05, 0) is 36.4 Å². The van der Waals surface area contributed by atoms with Gasteiger partial charge in [-0.3, -0.25) is 10.2 Å². The molecule has 0 saturated carbocycles. The highest BCUT2D eigenvalue weighted by Crippen LogP contribution is 2.22. The van der Waals surface area contributed by atoms with Gasteiger partial charge in [-0.1, -0.05) is 4.48 Å². The Balaban J connectivity index is 2.12. The highest BCUT2D eigenvalue weighted by molar-refractivity contribution is 6.38. The molecule has 0 aliphatic heterocycles. The summed E-state index contributed by atoms with van der Waals surface area (Å²) >= 11 is 0. The Hall–Kier alpha value is -3.11. The highest BCUT2D eigenvalue weighted by atomic mass is 19.2. The molecule has 0 aromatic heterocycles. The van der Waals surface area contributed by atoms with Crippen molar-refractivity contribution in [2.24, 2.45) is 15.9 Å². The van der Waals surface area contributed by atoms with Gasteiger partial charge in [-0.2, -0.15) is 5.10 Å². The van der Waals surface area contributed by atoms with Crippen LogP contribution < -0.4 is 15.4 Å². The summed E-state index contributed by atoms with van der Waals surface area (Å²) in [5.74, 6) is 3.76. The quantitative estimate of drug-likeness (QED) is 0.339. The maximum absolute atomic E-state index is 14.2. The second-order valence-corrected chi connectivity index (χ2v) is 4.90. The van der Waals surface area contributed by atoms with Crippen LogP contribution in [-0.4, -0.2) is 29.6 Å². The van der Waals surface area contributed by atoms with Gasteiger partial charge >= 0.3 is 0 Å². The van der Waals surface area contributed by atoms with Crippen molar-refractivity contribution in [2.45, 2.75) is 6.61 Å². The predicted molar refractivity (Wildman–Crippen MR) is 87.6 cm³/mol. The minimum absolute atomic E-state index is 0.00439. The Morgan fingerprint density at radius 1 is 1.19 bits per heavy atom. The van der Waals surface area contributed by atoms with Gasteiger partial charge in [-0.25, -0.2) is 8.78 Å². The van der Waals surface area contributed by atoms with Crippen LogP contribution in [0, 0.1) is 11.6 Å². The lowest BCUT2D eigenvalue weighted by Crippen LogP contribution is -2.11. The van der Waals surface area contributed by atoms with E-state index in [0.717, 1.165) is 12.1 Å². The van der Waals surface area contributed by atoms with E-state index in [-0.39, 0.29) is 34.9 Å². The van der Waals surface area contributed by atoms with E-state index < -0.39 is 17.1 Å². The molecular weight excluding hydrogens is 353 g/mol. The topological polar surface area (TPSA) is 92.7 Å². The van der Waals surface area contributed by atoms with Crippen LogP contribution in [0.5, 0.6) is 11.5 Å². The number of hydrogen-bond donors (Lipinski definition) is 2. The van der Waals surface area contributed by atoms with Crippen molar-refractivity contribution < 1.29 is 28.0 Å². The normalized spacial score (nSPS) is 12.0. The van der Waals surface area contributed by atoms with Crippen LogP contribution in [0.4, 0.5) is 13.3 Å². The Kier molecular flexibility index (Phi) is 6.53. The fraction of sp³-hybridized carbons (Fsp3) is 0.125. The standard InChI is InChI=1S/C16H15F3N4O3/c1-21-8-16(22-20)10-6-14(17)13(15(18)7-10)9-25-11-2-4-12(5-3-11)26-23(19)24/h2-8,24H,9,20H2,1H3/b21-8?,22-16+. The predicted octanol–water partition coefficient (Wildman–Crippen LogP) is 2.78. The first-order chi connectivity index (χ1) is 12.4. The third-order valence-corrected chi connectivity index (χ3v) is 3.21. The molecule has 0 radical (unpaired) electrons. The number of benzene rings is 2. The molecule has 3 N–H and O–H groups in total. The number of nitrogens with zero attached hydrogens (tertiary/aromatic N) is 3. The highest BCUT2D eigenvalue weighted by Gasteiger charge is 2.14. The van der Waals surface area contributed by atoms with E-state index in [2.05, 4.69) is 14.9 Å². The lowest BCUT2D eigenvalue weighted by Gasteiger charge is -2.11. The Morgan fingerprint density at radius 2 is 1.77 bits per heavy atom. The molecule has 2 aromatic carbocycles. The summed E-state index contributed by atoms with van der Waals surface area (Å²) in [6, 6.07) is 7.48. The second-order valence-electron chi connectivity index (χ2n) is 4.90. The monoisotopic (exact) mass is 368 g/mol. The van der Waals surface area contributed by atoms with Crippen molar-refractivity contribution in [1.82, 2.24) is 5.45 Å². The number of ether oxygens (including phenoxy) is 1. The molecule has 0 amide bonds. The summed E-state index contributed by atoms with van der Waals surface area (Å²) in [6.07, 6.45) is 1.28. The van der Waals surface area contributed by atoms with Gasteiger partial charge in [0.15, 0.2) is 11.2 Å². The van der Waals surface area contributed by atoms with Crippen LogP contribution in [0.1, 0.15) is 11.1 Å². The maximum atomic E-state index is 14.2. The van der Waals surface area contributed by atoms with Crippen LogP contribution in [0.2, 0.25) is 0 Å². The molecule has 0 saturated heterocycles. The van der Waals surface area contributed by atoms with Gasteiger partial charge in [0.1, 0.15) is 29.7 Å². The summed E-state index contributed by atoms with van der Waals surface area (Å²) in [4.78, 5) is 7.96. The van der Waals surface area contributed by atoms with Crippen LogP contribution in [-0.2, 0) is 6.61 Å². The number of hydrazone groups is 1. The first-order valence-electron chi connectivity index (χ1n) is 7.18. The largest absolute Gasteiger partial charge is 0.489 e. The number of hydrogen-bond acceptors (Lipinski definition) is 7. The second kappa shape index (κ2) is 8.83. The van der Waals surface area contributed by atoms with Crippen LogP contribution in [0.25, 0.3) is 0 Å². The molecule has 0 atom stereocenters. The zero-order valence-electron chi connectivity index (χ0n) is 13.6. The van der Waals surface area contributed by atoms with Crippen molar-refractivity contribution in [1.29, 1.82) is 0 Å². The lowest BCUT2D eigenvalue weighted by molar-refractivity contribution is -0.397. The van der Waals surface area contributed by atoms with Crippen molar-refractivity contribution in [3.05, 3.63) is 59.2 Å². The van der Waals surface area contributed by atoms with Gasteiger partial charge < -0.3 is 15.4 Å². The van der Waals surface area contributed by atoms with Gasteiger partial charge in [0.2, 0.25) is 0 Å². The molecule has 0 bridgehead atoms. The molecule has 0 aliphatic rings. The van der Waals surface area contributed by atoms with E-state index in [1.165, 1.54) is 37.5 Å². The summed E-state index contributed by atoms with van der Waals surface area (Å²) in [5, 5.41) is 11.7. The minimum atomic E-state index is -0.954. The lowest BCUT2D eigenvalue weighted by atomic mass is 10.1. The Bertz CT molecular complexity index is 788. The molecule has 2 rings (SSSR count). The van der Waals surface area contributed by atoms with Gasteiger partial charge in [0.25, 0.3) is 0 Å². The van der Waals surface area contributed by atoms with Crippen LogP contribution >= 0.6 is 0 Å². The average molecular weight is 368 g/mol. The van der Waals surface area contributed by atoms with Crippen molar-refractivity contribution in [3.63, 3.8) is 0 Å². The summed E-state index contributed by atoms with van der Waals surface area (Å²) in [7, 11) is 1.47. The van der Waals surface area contributed by atoms with E-state index in [0.29, 0.717) is 0 Å². The fourth-order valence-electron chi connectivity index (χ4n) is 2.03. The van der Waals surface area contributed by atoms with Crippen LogP contribution in [0.3, 0.4) is 0 Å². The van der Waals surface area contributed by atoms with Gasteiger partial charge in [0.05, 0.1) is 5.56 Å². The number of halogens is 3. The zero-order valence-corrected chi connectivity index (χ0v) is 13.6. The molecule has 138 valence electrons. The fourth-order valence-corrected chi connectivity index (χ4v) is 2.03. The molecule has 0 unspecified atom stereocenters. The summed E-state index contributed by atoms with van der Waals surface area (Å²) in [6.45, 7) is -0.385. The van der Waals surface area contributed by atoms with E-state index >= 15 is 0 Å². The van der Waals surface area contributed by atoms with Crippen molar-refractivity contribution >= 4 is 11.9 Å². The first-order valence-corrected chi connectivity index (χ1v) is 7.18. The summed E-state index contributed by atoms with van der Waals surface area (Å²) < 4.78 is 45.8. The summed E-state index contributed by atoms with van der Waals surface area (Å²) in [5.41, 5.74) is -0.980. The van der Waals surface area contributed by atoms with Gasteiger partial charge in [-0.15, -0.1) is 0 Å². The van der Waals surface area contributed by atoms with E-state index in [1.54, 1.807) is 0 Å². The van der Waals surface area contributed by atoms with Crippen molar-refractivity contribution in [3.8, 4) is 11.5 Å². The Labute approximate surface area is 146 Å². The SMILES string of the molecule is CN=C/C(=N\N)c1cc(F)c(COc2ccc(ON(O)F)cc2)c(F)c1. The van der Waals surface area contributed by atoms with Gasteiger partial charge in [0, 0.05) is 18.8 Å². The molecule has 10 heteroatoms. The molecular formula is C16H15F3N4O3. The smallest absolute Gasteiger partial charge is 0.167 e. The van der Waals surface area contributed by atoms with E-state index in [1.807, 2.05) is 0 Å². The maximum Gasteiger partial charge on any atom is 0.167 e. The number of aliphatic imine (C=N–C) groups is 1.